The van der Waals surface area contributed by atoms with E-state index >= 15 is 0 Å². The minimum absolute atomic E-state index is 0.0530. The summed E-state index contributed by atoms with van der Waals surface area (Å²) < 4.78 is 5.53. The van der Waals surface area contributed by atoms with E-state index in [1.807, 2.05) is 30.3 Å². The largest absolute Gasteiger partial charge is 0.396 e. The van der Waals surface area contributed by atoms with Gasteiger partial charge in [0.05, 0.1) is 6.10 Å². The number of hydrogen-bond acceptors (Lipinski definition) is 3. The average molecular weight is 195 g/mol. The Morgan fingerprint density at radius 2 is 2.00 bits per heavy atom. The van der Waals surface area contributed by atoms with Crippen LogP contribution in [-0.2, 0) is 4.74 Å². The van der Waals surface area contributed by atoms with Crippen molar-refractivity contribution in [2.24, 2.45) is 5.73 Å². The summed E-state index contributed by atoms with van der Waals surface area (Å²) in [4.78, 5) is 0. The van der Waals surface area contributed by atoms with E-state index in [-0.39, 0.29) is 12.7 Å². The van der Waals surface area contributed by atoms with Crippen LogP contribution in [0.1, 0.15) is 18.1 Å². The molecule has 3 nitrogen and oxygen atoms in total. The van der Waals surface area contributed by atoms with Gasteiger partial charge in [0, 0.05) is 19.8 Å². The molecule has 0 saturated heterocycles. The van der Waals surface area contributed by atoms with Crippen molar-refractivity contribution >= 4 is 0 Å². The van der Waals surface area contributed by atoms with E-state index in [0.29, 0.717) is 19.6 Å². The van der Waals surface area contributed by atoms with Crippen molar-refractivity contribution in [1.29, 1.82) is 0 Å². The highest BCUT2D eigenvalue weighted by Gasteiger charge is 2.08. The molecule has 3 N–H and O–H groups in total. The highest BCUT2D eigenvalue weighted by molar-refractivity contribution is 5.17. The maximum atomic E-state index is 8.61. The van der Waals surface area contributed by atoms with E-state index < -0.39 is 0 Å². The summed E-state index contributed by atoms with van der Waals surface area (Å²) in [5, 5.41) is 8.61. The topological polar surface area (TPSA) is 55.5 Å². The minimum Gasteiger partial charge on any atom is -0.396 e. The zero-order valence-corrected chi connectivity index (χ0v) is 8.23. The van der Waals surface area contributed by atoms with Crippen LogP contribution >= 0.6 is 0 Å². The second-order valence-electron chi connectivity index (χ2n) is 3.08. The lowest BCUT2D eigenvalue weighted by atomic mass is 10.1. The fraction of sp³-hybridized carbons (Fsp3) is 0.455. The highest BCUT2D eigenvalue weighted by atomic mass is 16.5. The Balaban J connectivity index is 2.46. The number of benzene rings is 1. The molecule has 0 amide bonds. The Morgan fingerprint density at radius 1 is 1.29 bits per heavy atom. The van der Waals surface area contributed by atoms with E-state index in [2.05, 4.69) is 0 Å². The first-order valence-corrected chi connectivity index (χ1v) is 4.86. The van der Waals surface area contributed by atoms with Crippen molar-refractivity contribution in [3.05, 3.63) is 35.9 Å². The monoisotopic (exact) mass is 195 g/mol. The predicted molar refractivity (Wildman–Crippen MR) is 55.9 cm³/mol. The molecule has 3 heteroatoms. The van der Waals surface area contributed by atoms with Crippen LogP contribution in [0.25, 0.3) is 0 Å². The molecule has 1 rings (SSSR count). The van der Waals surface area contributed by atoms with Gasteiger partial charge in [-0.2, -0.15) is 0 Å². The van der Waals surface area contributed by atoms with Crippen molar-refractivity contribution in [1.82, 2.24) is 0 Å². The first-order chi connectivity index (χ1) is 6.88. The number of aliphatic hydroxyl groups is 1. The highest BCUT2D eigenvalue weighted by Crippen LogP contribution is 2.15. The van der Waals surface area contributed by atoms with Gasteiger partial charge in [-0.1, -0.05) is 30.3 Å². The molecule has 0 radical (unpaired) electrons. The summed E-state index contributed by atoms with van der Waals surface area (Å²) in [6.07, 6.45) is 0.603. The van der Waals surface area contributed by atoms with Gasteiger partial charge in [-0.25, -0.2) is 0 Å². The lowest BCUT2D eigenvalue weighted by Gasteiger charge is -2.15. The van der Waals surface area contributed by atoms with E-state index in [4.69, 9.17) is 15.6 Å². The van der Waals surface area contributed by atoms with E-state index in [1.54, 1.807) is 0 Å². The Labute approximate surface area is 84.5 Å². The van der Waals surface area contributed by atoms with Gasteiger partial charge in [0.2, 0.25) is 0 Å². The first kappa shape index (κ1) is 11.2. The first-order valence-electron chi connectivity index (χ1n) is 4.86. The van der Waals surface area contributed by atoms with Crippen molar-refractivity contribution in [2.45, 2.75) is 12.5 Å². The smallest absolute Gasteiger partial charge is 0.0947 e. The lowest BCUT2D eigenvalue weighted by Crippen LogP contribution is -2.16. The molecule has 1 aromatic rings. The Hall–Kier alpha value is -0.900. The zero-order chi connectivity index (χ0) is 10.2. The van der Waals surface area contributed by atoms with E-state index in [1.165, 1.54) is 0 Å². The third-order valence-corrected chi connectivity index (χ3v) is 2.01. The number of aliphatic hydroxyl groups excluding tert-OH is 1. The van der Waals surface area contributed by atoms with Gasteiger partial charge in [0.15, 0.2) is 0 Å². The molecule has 0 aliphatic rings. The molecule has 1 atom stereocenters. The molecule has 0 saturated carbocycles. The van der Waals surface area contributed by atoms with Crippen LogP contribution in [0.5, 0.6) is 0 Å². The molecule has 14 heavy (non-hydrogen) atoms. The molecular formula is C11H17NO2. The molecule has 0 aromatic heterocycles. The van der Waals surface area contributed by atoms with Crippen molar-refractivity contribution in [3.63, 3.8) is 0 Å². The van der Waals surface area contributed by atoms with Crippen LogP contribution < -0.4 is 5.73 Å². The predicted octanol–water partition coefficient (Wildman–Crippen LogP) is 1.09. The van der Waals surface area contributed by atoms with E-state index in [9.17, 15) is 0 Å². The Morgan fingerprint density at radius 3 is 2.57 bits per heavy atom. The molecule has 0 aliphatic heterocycles. The SMILES string of the molecule is NCC(OCCCO)c1ccccc1. The Bertz CT molecular complexity index is 238. The van der Waals surface area contributed by atoms with Crippen LogP contribution in [-0.4, -0.2) is 24.9 Å². The lowest BCUT2D eigenvalue weighted by molar-refractivity contribution is 0.0489. The standard InChI is InChI=1S/C11H17NO2/c12-9-11(14-8-4-7-13)10-5-2-1-3-6-10/h1-3,5-6,11,13H,4,7-9,12H2. The minimum atomic E-state index is -0.0530. The quantitative estimate of drug-likeness (QED) is 0.668. The molecule has 1 unspecified atom stereocenters. The average Bonchev–Trinajstić information content (AvgIpc) is 2.26. The summed E-state index contributed by atoms with van der Waals surface area (Å²) in [6.45, 7) is 1.18. The molecule has 1 aromatic carbocycles. The van der Waals surface area contributed by atoms with Gasteiger partial charge < -0.3 is 15.6 Å². The summed E-state index contributed by atoms with van der Waals surface area (Å²) in [5.74, 6) is 0. The van der Waals surface area contributed by atoms with Crippen LogP contribution in [0.15, 0.2) is 30.3 Å². The molecule has 78 valence electrons. The third kappa shape index (κ3) is 3.46. The zero-order valence-electron chi connectivity index (χ0n) is 8.23. The van der Waals surface area contributed by atoms with Crippen molar-refractivity contribution in [3.8, 4) is 0 Å². The van der Waals surface area contributed by atoms with Crippen molar-refractivity contribution < 1.29 is 9.84 Å². The van der Waals surface area contributed by atoms with Gasteiger partial charge in [-0.15, -0.1) is 0 Å². The number of nitrogens with two attached hydrogens (primary N) is 1. The maximum Gasteiger partial charge on any atom is 0.0947 e. The van der Waals surface area contributed by atoms with Gasteiger partial charge in [0.25, 0.3) is 0 Å². The van der Waals surface area contributed by atoms with Crippen molar-refractivity contribution in [2.75, 3.05) is 19.8 Å². The number of hydrogen-bond donors (Lipinski definition) is 2. The normalized spacial score (nSPS) is 12.7. The van der Waals surface area contributed by atoms with E-state index in [0.717, 1.165) is 5.56 Å². The fourth-order valence-electron chi connectivity index (χ4n) is 1.26. The second kappa shape index (κ2) is 6.54. The summed E-state index contributed by atoms with van der Waals surface area (Å²) in [7, 11) is 0. The summed E-state index contributed by atoms with van der Waals surface area (Å²) in [6, 6.07) is 9.89. The number of rotatable bonds is 6. The van der Waals surface area contributed by atoms with Crippen LogP contribution in [0.4, 0.5) is 0 Å². The fourth-order valence-corrected chi connectivity index (χ4v) is 1.26. The maximum absolute atomic E-state index is 8.61. The molecule has 0 spiro atoms. The van der Waals surface area contributed by atoms with Crippen LogP contribution in [0.2, 0.25) is 0 Å². The van der Waals surface area contributed by atoms with Crippen LogP contribution in [0, 0.1) is 0 Å². The van der Waals surface area contributed by atoms with Gasteiger partial charge in [-0.3, -0.25) is 0 Å². The molecule has 0 bridgehead atoms. The summed E-state index contributed by atoms with van der Waals surface area (Å²) >= 11 is 0. The van der Waals surface area contributed by atoms with Gasteiger partial charge in [0.1, 0.15) is 0 Å². The Kier molecular flexibility index (Phi) is 5.22. The third-order valence-electron chi connectivity index (χ3n) is 2.01. The summed E-state index contributed by atoms with van der Waals surface area (Å²) in [5.41, 5.74) is 6.69. The molecule has 0 fully saturated rings. The molecular weight excluding hydrogens is 178 g/mol. The molecule has 0 aliphatic carbocycles. The number of ether oxygens (including phenoxy) is 1. The molecule has 0 heterocycles. The van der Waals surface area contributed by atoms with Gasteiger partial charge >= 0.3 is 0 Å². The van der Waals surface area contributed by atoms with Gasteiger partial charge in [-0.05, 0) is 12.0 Å². The second-order valence-corrected chi connectivity index (χ2v) is 3.08. The van der Waals surface area contributed by atoms with Crippen LogP contribution in [0.3, 0.4) is 0 Å².